The first-order valence-corrected chi connectivity index (χ1v) is 11.6. The maximum Gasteiger partial charge on any atom is 0.238 e. The molecule has 1 fully saturated rings. The van der Waals surface area contributed by atoms with Gasteiger partial charge in [-0.05, 0) is 37.1 Å². The van der Waals surface area contributed by atoms with Crippen molar-refractivity contribution < 1.29 is 14.3 Å². The molecular weight excluding hydrogens is 396 g/mol. The van der Waals surface area contributed by atoms with Crippen molar-refractivity contribution in [2.75, 3.05) is 23.1 Å². The fraction of sp³-hybridized carbons (Fsp3) is 0.417. The van der Waals surface area contributed by atoms with Crippen molar-refractivity contribution in [3.05, 3.63) is 53.6 Å². The Morgan fingerprint density at radius 1 is 1.20 bits per heavy atom. The summed E-state index contributed by atoms with van der Waals surface area (Å²) < 4.78 is 5.53. The number of amides is 2. The minimum absolute atomic E-state index is 0.0209. The Bertz CT molecular complexity index is 900. The molecule has 0 unspecified atom stereocenters. The summed E-state index contributed by atoms with van der Waals surface area (Å²) in [6, 6.07) is 13.6. The Morgan fingerprint density at radius 3 is 2.77 bits per heavy atom. The zero-order chi connectivity index (χ0) is 21.5. The fourth-order valence-electron chi connectivity index (χ4n) is 3.65. The van der Waals surface area contributed by atoms with E-state index >= 15 is 0 Å². The van der Waals surface area contributed by atoms with Crippen LogP contribution in [0.1, 0.15) is 55.5 Å². The molecule has 1 heterocycles. The van der Waals surface area contributed by atoms with Gasteiger partial charge >= 0.3 is 0 Å². The molecule has 0 aromatic heterocycles. The van der Waals surface area contributed by atoms with Crippen molar-refractivity contribution in [2.24, 2.45) is 0 Å². The Balaban J connectivity index is 1.85. The number of methoxy groups -OCH3 is 1. The lowest BCUT2D eigenvalue weighted by atomic mass is 10.1. The molecule has 0 saturated carbocycles. The van der Waals surface area contributed by atoms with E-state index in [0.717, 1.165) is 48.2 Å². The van der Waals surface area contributed by atoms with E-state index in [4.69, 9.17) is 4.74 Å². The molecular formula is C24H30N2O3S. The quantitative estimate of drug-likeness (QED) is 0.523. The summed E-state index contributed by atoms with van der Waals surface area (Å²) in [5.41, 5.74) is 3.52. The van der Waals surface area contributed by atoms with Crippen LogP contribution in [0.4, 0.5) is 11.4 Å². The van der Waals surface area contributed by atoms with Crippen LogP contribution in [0.25, 0.3) is 0 Å². The van der Waals surface area contributed by atoms with Crippen LogP contribution in [0.2, 0.25) is 0 Å². The van der Waals surface area contributed by atoms with E-state index < -0.39 is 0 Å². The molecule has 6 heteroatoms. The van der Waals surface area contributed by atoms with Gasteiger partial charge in [-0.25, -0.2) is 0 Å². The normalized spacial score (nSPS) is 16.0. The van der Waals surface area contributed by atoms with Gasteiger partial charge in [0, 0.05) is 17.7 Å². The second-order valence-electron chi connectivity index (χ2n) is 7.55. The lowest BCUT2D eigenvalue weighted by molar-refractivity contribution is -0.116. The molecule has 0 aliphatic carbocycles. The average Bonchev–Trinajstić information content (AvgIpc) is 3.12. The van der Waals surface area contributed by atoms with Crippen LogP contribution >= 0.6 is 11.8 Å². The van der Waals surface area contributed by atoms with Gasteiger partial charge in [0.1, 0.15) is 11.1 Å². The minimum atomic E-state index is -0.218. The van der Waals surface area contributed by atoms with E-state index in [-0.39, 0.29) is 17.2 Å². The van der Waals surface area contributed by atoms with E-state index in [9.17, 15) is 9.59 Å². The number of hydrogen-bond donors (Lipinski definition) is 1. The van der Waals surface area contributed by atoms with E-state index in [1.807, 2.05) is 49.4 Å². The highest BCUT2D eigenvalue weighted by Crippen LogP contribution is 2.46. The number of aryl methyl sites for hydroxylation is 1. The molecule has 1 aliphatic rings. The van der Waals surface area contributed by atoms with E-state index in [1.165, 1.54) is 0 Å². The number of para-hydroxylation sites is 1. The third-order valence-corrected chi connectivity index (χ3v) is 6.41. The molecule has 1 aliphatic heterocycles. The summed E-state index contributed by atoms with van der Waals surface area (Å²) >= 11 is 1.57. The number of carbonyl (C=O) groups is 2. The highest BCUT2D eigenvalue weighted by molar-refractivity contribution is 8.00. The lowest BCUT2D eigenvalue weighted by Crippen LogP contribution is -2.29. The van der Waals surface area contributed by atoms with Gasteiger partial charge < -0.3 is 10.1 Å². The van der Waals surface area contributed by atoms with Crippen molar-refractivity contribution >= 4 is 35.0 Å². The summed E-state index contributed by atoms with van der Waals surface area (Å²) in [7, 11) is 1.61. The van der Waals surface area contributed by atoms with Crippen LogP contribution in [0, 0.1) is 6.92 Å². The smallest absolute Gasteiger partial charge is 0.238 e. The number of benzene rings is 2. The molecule has 1 N–H and O–H groups in total. The Hall–Kier alpha value is -2.47. The zero-order valence-electron chi connectivity index (χ0n) is 17.9. The third kappa shape index (κ3) is 5.17. The molecule has 160 valence electrons. The van der Waals surface area contributed by atoms with Gasteiger partial charge in [-0.15, -0.1) is 11.8 Å². The van der Waals surface area contributed by atoms with Crippen molar-refractivity contribution in [1.29, 1.82) is 0 Å². The molecule has 5 nitrogen and oxygen atoms in total. The Morgan fingerprint density at radius 2 is 2.00 bits per heavy atom. The number of hydrogen-bond acceptors (Lipinski definition) is 4. The molecule has 0 radical (unpaired) electrons. The number of carbonyl (C=O) groups excluding carboxylic acids is 2. The van der Waals surface area contributed by atoms with Crippen molar-refractivity contribution in [3.63, 3.8) is 0 Å². The lowest BCUT2D eigenvalue weighted by Gasteiger charge is -2.27. The topological polar surface area (TPSA) is 58.6 Å². The Kier molecular flexibility index (Phi) is 7.80. The van der Waals surface area contributed by atoms with Gasteiger partial charge in [0.2, 0.25) is 11.8 Å². The van der Waals surface area contributed by atoms with Crippen molar-refractivity contribution in [2.45, 2.75) is 51.3 Å². The maximum atomic E-state index is 12.8. The second-order valence-corrected chi connectivity index (χ2v) is 8.62. The van der Waals surface area contributed by atoms with E-state index in [1.54, 1.807) is 23.8 Å². The van der Waals surface area contributed by atoms with Gasteiger partial charge in [-0.3, -0.25) is 14.5 Å². The molecule has 3 rings (SSSR count). The molecule has 1 saturated heterocycles. The van der Waals surface area contributed by atoms with Crippen LogP contribution < -0.4 is 15.0 Å². The monoisotopic (exact) mass is 426 g/mol. The van der Waals surface area contributed by atoms with Gasteiger partial charge in [0.25, 0.3) is 0 Å². The molecule has 1 atom stereocenters. The first-order chi connectivity index (χ1) is 14.5. The second kappa shape index (κ2) is 10.5. The first-order valence-electron chi connectivity index (χ1n) is 10.5. The summed E-state index contributed by atoms with van der Waals surface area (Å²) in [5, 5.41) is 2.85. The minimum Gasteiger partial charge on any atom is -0.495 e. The largest absolute Gasteiger partial charge is 0.495 e. The molecule has 0 bridgehead atoms. The van der Waals surface area contributed by atoms with Crippen LogP contribution in [-0.4, -0.2) is 24.7 Å². The summed E-state index contributed by atoms with van der Waals surface area (Å²) in [6.07, 6.45) is 4.78. The molecule has 30 heavy (non-hydrogen) atoms. The summed E-state index contributed by atoms with van der Waals surface area (Å²) in [5.74, 6) is 1.11. The summed E-state index contributed by atoms with van der Waals surface area (Å²) in [4.78, 5) is 27.1. The van der Waals surface area contributed by atoms with Crippen molar-refractivity contribution in [3.8, 4) is 5.75 Å². The number of anilines is 2. The van der Waals surface area contributed by atoms with E-state index in [0.29, 0.717) is 17.9 Å². The van der Waals surface area contributed by atoms with Crippen LogP contribution in [0.15, 0.2) is 42.5 Å². The molecule has 2 amide bonds. The number of nitrogens with zero attached hydrogens (tertiary/aromatic N) is 1. The van der Waals surface area contributed by atoms with Gasteiger partial charge in [0.15, 0.2) is 0 Å². The highest BCUT2D eigenvalue weighted by Gasteiger charge is 2.37. The highest BCUT2D eigenvalue weighted by atomic mass is 32.2. The number of nitrogens with one attached hydrogen (secondary N) is 1. The van der Waals surface area contributed by atoms with Crippen LogP contribution in [-0.2, 0) is 9.59 Å². The van der Waals surface area contributed by atoms with Gasteiger partial charge in [0.05, 0.1) is 18.6 Å². The molecule has 2 aromatic rings. The number of rotatable bonds is 9. The van der Waals surface area contributed by atoms with Crippen LogP contribution in [0.5, 0.6) is 5.75 Å². The number of thioether (sulfide) groups is 1. The number of ether oxygens (including phenoxy) is 1. The molecule has 0 spiro atoms. The summed E-state index contributed by atoms with van der Waals surface area (Å²) in [6.45, 7) is 4.16. The van der Waals surface area contributed by atoms with Gasteiger partial charge in [-0.1, -0.05) is 50.5 Å². The molecule has 2 aromatic carbocycles. The predicted octanol–water partition coefficient (Wildman–Crippen LogP) is 5.69. The average molecular weight is 427 g/mol. The standard InChI is InChI=1S/C24H30N2O3S/c1-4-5-6-7-12-22(27)25-19-11-9-8-10-18(19)24-26(23(28)16-30-24)20-15-17(2)13-14-21(20)29-3/h8-11,13-15,24H,4-7,12,16H2,1-3H3,(H,25,27)/t24-/m0/s1. The first kappa shape index (κ1) is 22.2. The maximum absolute atomic E-state index is 12.8. The predicted molar refractivity (Wildman–Crippen MR) is 124 cm³/mol. The fourth-order valence-corrected chi connectivity index (χ4v) is 4.86. The zero-order valence-corrected chi connectivity index (χ0v) is 18.8. The van der Waals surface area contributed by atoms with Gasteiger partial charge in [-0.2, -0.15) is 0 Å². The van der Waals surface area contributed by atoms with Crippen molar-refractivity contribution in [1.82, 2.24) is 0 Å². The third-order valence-electron chi connectivity index (χ3n) is 5.22. The van der Waals surface area contributed by atoms with Crippen LogP contribution in [0.3, 0.4) is 0 Å². The van der Waals surface area contributed by atoms with E-state index in [2.05, 4.69) is 12.2 Å². The Labute approximate surface area is 183 Å². The SMILES string of the molecule is CCCCCCC(=O)Nc1ccccc1[C@@H]1SCC(=O)N1c1cc(C)ccc1OC. The number of unbranched alkanes of at least 4 members (excludes halogenated alkanes) is 3.